The minimum absolute atomic E-state index is 0.176. The Morgan fingerprint density at radius 2 is 2.05 bits per heavy atom. The summed E-state index contributed by atoms with van der Waals surface area (Å²) in [5.41, 5.74) is 0.696. The molecule has 2 N–H and O–H groups in total. The molecule has 0 atom stereocenters. The number of hydrogen-bond acceptors (Lipinski definition) is 3. The highest BCUT2D eigenvalue weighted by Crippen LogP contribution is 2.35. The van der Waals surface area contributed by atoms with Crippen LogP contribution in [0.25, 0.3) is 0 Å². The van der Waals surface area contributed by atoms with Crippen molar-refractivity contribution in [3.8, 4) is 0 Å². The smallest absolute Gasteiger partial charge is 0.271 e. The number of carbonyl (C=O) groups excluding carboxylic acids is 1. The van der Waals surface area contributed by atoms with Gasteiger partial charge < -0.3 is 10.6 Å². The van der Waals surface area contributed by atoms with Crippen molar-refractivity contribution in [2.75, 3.05) is 11.9 Å². The summed E-state index contributed by atoms with van der Waals surface area (Å²) in [6.07, 6.45) is 4.31. The van der Waals surface area contributed by atoms with E-state index in [1.165, 1.54) is 0 Å². The number of nitrogens with one attached hydrogen (secondary N) is 2. The van der Waals surface area contributed by atoms with Gasteiger partial charge in [0.2, 0.25) is 0 Å². The van der Waals surface area contributed by atoms with Crippen molar-refractivity contribution in [2.24, 2.45) is 5.41 Å². The highest BCUT2D eigenvalue weighted by atomic mass is 35.5. The normalized spacial score (nSPS) is 18.3. The fourth-order valence-corrected chi connectivity index (χ4v) is 2.87. The average Bonchev–Trinajstić information content (AvgIpc) is 2.43. The van der Waals surface area contributed by atoms with Crippen molar-refractivity contribution < 1.29 is 4.79 Å². The number of aromatic nitrogens is 1. The van der Waals surface area contributed by atoms with Crippen molar-refractivity contribution in [3.63, 3.8) is 0 Å². The van der Waals surface area contributed by atoms with Crippen LogP contribution in [0.4, 0.5) is 5.82 Å². The first-order chi connectivity index (χ1) is 9.91. The standard InChI is InChI=1S/C16H24ClN3O/c1-4-18-13-6-5-12(17)14(20-13)15(21)19-11-7-9-16(2,3)10-8-11/h5-6,11H,4,7-10H2,1-3H3,(H,18,20)(H,19,21). The van der Waals surface area contributed by atoms with Gasteiger partial charge in [0, 0.05) is 12.6 Å². The van der Waals surface area contributed by atoms with Gasteiger partial charge >= 0.3 is 0 Å². The van der Waals surface area contributed by atoms with Gasteiger partial charge in [-0.3, -0.25) is 4.79 Å². The van der Waals surface area contributed by atoms with E-state index in [1.54, 1.807) is 12.1 Å². The summed E-state index contributed by atoms with van der Waals surface area (Å²) < 4.78 is 0. The predicted molar refractivity (Wildman–Crippen MR) is 86.9 cm³/mol. The molecule has 0 aliphatic heterocycles. The van der Waals surface area contributed by atoms with Crippen LogP contribution in [-0.4, -0.2) is 23.5 Å². The van der Waals surface area contributed by atoms with Crippen LogP contribution in [0.1, 0.15) is 56.9 Å². The summed E-state index contributed by atoms with van der Waals surface area (Å²) in [5, 5.41) is 6.56. The topological polar surface area (TPSA) is 54.0 Å². The molecule has 0 saturated heterocycles. The minimum Gasteiger partial charge on any atom is -0.370 e. The lowest BCUT2D eigenvalue weighted by molar-refractivity contribution is 0.0904. The van der Waals surface area contributed by atoms with E-state index >= 15 is 0 Å². The van der Waals surface area contributed by atoms with Crippen LogP contribution in [0.15, 0.2) is 12.1 Å². The first kappa shape index (κ1) is 16.1. The lowest BCUT2D eigenvalue weighted by Crippen LogP contribution is -2.39. The Morgan fingerprint density at radius 3 is 2.67 bits per heavy atom. The molecule has 1 saturated carbocycles. The molecule has 4 nitrogen and oxygen atoms in total. The average molecular weight is 310 g/mol. The Hall–Kier alpha value is -1.29. The van der Waals surface area contributed by atoms with Crippen LogP contribution >= 0.6 is 11.6 Å². The first-order valence-corrected chi connectivity index (χ1v) is 8.00. The SMILES string of the molecule is CCNc1ccc(Cl)c(C(=O)NC2CCC(C)(C)CC2)n1. The molecule has 1 aromatic rings. The third-order valence-electron chi connectivity index (χ3n) is 4.09. The van der Waals surface area contributed by atoms with Crippen LogP contribution in [0, 0.1) is 5.41 Å². The largest absolute Gasteiger partial charge is 0.370 e. The highest BCUT2D eigenvalue weighted by Gasteiger charge is 2.28. The molecule has 1 heterocycles. The second-order valence-electron chi connectivity index (χ2n) is 6.47. The van der Waals surface area contributed by atoms with E-state index in [0.717, 1.165) is 32.2 Å². The van der Waals surface area contributed by atoms with E-state index in [4.69, 9.17) is 11.6 Å². The monoisotopic (exact) mass is 309 g/mol. The number of rotatable bonds is 4. The fourth-order valence-electron chi connectivity index (χ4n) is 2.68. The number of anilines is 1. The Bertz CT molecular complexity index is 506. The molecule has 116 valence electrons. The van der Waals surface area contributed by atoms with Gasteiger partial charge in [-0.15, -0.1) is 0 Å². The van der Waals surface area contributed by atoms with Gasteiger partial charge in [0.05, 0.1) is 5.02 Å². The summed E-state index contributed by atoms with van der Waals surface area (Å²) in [7, 11) is 0. The van der Waals surface area contributed by atoms with E-state index in [2.05, 4.69) is 29.5 Å². The van der Waals surface area contributed by atoms with Crippen molar-refractivity contribution >= 4 is 23.3 Å². The zero-order chi connectivity index (χ0) is 15.5. The molecule has 0 aromatic carbocycles. The van der Waals surface area contributed by atoms with Gasteiger partial charge in [0.25, 0.3) is 5.91 Å². The van der Waals surface area contributed by atoms with Gasteiger partial charge in [0.1, 0.15) is 11.5 Å². The van der Waals surface area contributed by atoms with Gasteiger partial charge in [-0.2, -0.15) is 0 Å². The van der Waals surface area contributed by atoms with E-state index in [-0.39, 0.29) is 11.9 Å². The quantitative estimate of drug-likeness (QED) is 0.888. The molecule has 2 rings (SSSR count). The molecule has 1 aliphatic rings. The molecule has 0 radical (unpaired) electrons. The fraction of sp³-hybridized carbons (Fsp3) is 0.625. The predicted octanol–water partition coefficient (Wildman–Crippen LogP) is 3.87. The first-order valence-electron chi connectivity index (χ1n) is 7.62. The van der Waals surface area contributed by atoms with E-state index < -0.39 is 0 Å². The molecule has 0 unspecified atom stereocenters. The number of hydrogen-bond donors (Lipinski definition) is 2. The van der Waals surface area contributed by atoms with Crippen LogP contribution in [0.2, 0.25) is 5.02 Å². The maximum Gasteiger partial charge on any atom is 0.271 e. The van der Waals surface area contributed by atoms with Crippen LogP contribution in [0.5, 0.6) is 0 Å². The zero-order valence-corrected chi connectivity index (χ0v) is 13.8. The molecular weight excluding hydrogens is 286 g/mol. The Morgan fingerprint density at radius 1 is 1.38 bits per heavy atom. The summed E-state index contributed by atoms with van der Waals surface area (Å²) in [6, 6.07) is 3.73. The van der Waals surface area contributed by atoms with Crippen LogP contribution in [0.3, 0.4) is 0 Å². The molecule has 21 heavy (non-hydrogen) atoms. The molecule has 0 spiro atoms. The lowest BCUT2D eigenvalue weighted by Gasteiger charge is -2.34. The molecule has 0 bridgehead atoms. The highest BCUT2D eigenvalue weighted by molar-refractivity contribution is 6.33. The van der Waals surface area contributed by atoms with E-state index in [0.29, 0.717) is 21.9 Å². The summed E-state index contributed by atoms with van der Waals surface area (Å²) >= 11 is 6.10. The van der Waals surface area contributed by atoms with E-state index in [9.17, 15) is 4.79 Å². The van der Waals surface area contributed by atoms with E-state index in [1.807, 2.05) is 6.92 Å². The zero-order valence-electron chi connectivity index (χ0n) is 13.0. The van der Waals surface area contributed by atoms with Gasteiger partial charge in [-0.1, -0.05) is 25.4 Å². The van der Waals surface area contributed by atoms with Crippen molar-refractivity contribution in [3.05, 3.63) is 22.8 Å². The number of pyridine rings is 1. The third kappa shape index (κ3) is 4.34. The molecule has 1 aliphatic carbocycles. The molecule has 1 aromatic heterocycles. The van der Waals surface area contributed by atoms with Crippen LogP contribution in [-0.2, 0) is 0 Å². The maximum atomic E-state index is 12.4. The van der Waals surface area contributed by atoms with Crippen molar-refractivity contribution in [2.45, 2.75) is 52.5 Å². The second-order valence-corrected chi connectivity index (χ2v) is 6.88. The lowest BCUT2D eigenvalue weighted by atomic mass is 9.75. The molecule has 1 fully saturated rings. The Kier molecular flexibility index (Phi) is 5.09. The third-order valence-corrected chi connectivity index (χ3v) is 4.40. The molecule has 5 heteroatoms. The second kappa shape index (κ2) is 6.65. The van der Waals surface area contributed by atoms with Crippen molar-refractivity contribution in [1.29, 1.82) is 0 Å². The van der Waals surface area contributed by atoms with Gasteiger partial charge in [-0.05, 0) is 50.2 Å². The molecular formula is C16H24ClN3O. The van der Waals surface area contributed by atoms with Crippen molar-refractivity contribution in [1.82, 2.24) is 10.3 Å². The number of carbonyl (C=O) groups is 1. The summed E-state index contributed by atoms with van der Waals surface area (Å²) in [4.78, 5) is 16.7. The molecule has 1 amide bonds. The van der Waals surface area contributed by atoms with Crippen LogP contribution < -0.4 is 10.6 Å². The van der Waals surface area contributed by atoms with Gasteiger partial charge in [0.15, 0.2) is 0 Å². The summed E-state index contributed by atoms with van der Waals surface area (Å²) in [5.74, 6) is 0.501. The Balaban J connectivity index is 2.02. The maximum absolute atomic E-state index is 12.4. The summed E-state index contributed by atoms with van der Waals surface area (Å²) in [6.45, 7) is 7.31. The number of halogens is 1. The Labute approximate surface area is 131 Å². The number of amides is 1. The van der Waals surface area contributed by atoms with Gasteiger partial charge in [-0.25, -0.2) is 4.98 Å². The number of nitrogens with zero attached hydrogens (tertiary/aromatic N) is 1. The minimum atomic E-state index is -0.176.